The molecule has 92 valence electrons. The van der Waals surface area contributed by atoms with E-state index in [1.54, 1.807) is 0 Å². The third kappa shape index (κ3) is 1.94. The van der Waals surface area contributed by atoms with Gasteiger partial charge in [0.2, 0.25) is 0 Å². The fourth-order valence-corrected chi connectivity index (χ4v) is 3.65. The fourth-order valence-electron chi connectivity index (χ4n) is 3.40. The van der Waals surface area contributed by atoms with Crippen molar-refractivity contribution in [2.75, 3.05) is 4.90 Å². The predicted octanol–water partition coefficient (Wildman–Crippen LogP) is 3.32. The third-order valence-electron chi connectivity index (χ3n) is 4.25. The molecule has 0 spiro atoms. The molecular formula is C14H19ClN2. The second-order valence-corrected chi connectivity index (χ2v) is 5.61. The number of anilines is 1. The molecule has 2 nitrogen and oxygen atoms in total. The lowest BCUT2D eigenvalue weighted by atomic mass is 10.0. The van der Waals surface area contributed by atoms with Crippen LogP contribution in [0.4, 0.5) is 5.69 Å². The Bertz CT molecular complexity index is 403. The van der Waals surface area contributed by atoms with Gasteiger partial charge in [0.05, 0.1) is 0 Å². The number of benzene rings is 1. The molecule has 0 amide bonds. The molecule has 0 radical (unpaired) electrons. The van der Waals surface area contributed by atoms with Crippen LogP contribution in [-0.2, 0) is 6.54 Å². The van der Waals surface area contributed by atoms with Crippen molar-refractivity contribution in [2.24, 2.45) is 5.73 Å². The largest absolute Gasteiger partial charge is 0.366 e. The molecule has 2 fully saturated rings. The van der Waals surface area contributed by atoms with Crippen molar-refractivity contribution in [3.63, 3.8) is 0 Å². The van der Waals surface area contributed by atoms with Crippen LogP contribution in [0, 0.1) is 0 Å². The minimum absolute atomic E-state index is 0.520. The summed E-state index contributed by atoms with van der Waals surface area (Å²) < 4.78 is 0. The Morgan fingerprint density at radius 3 is 2.47 bits per heavy atom. The molecule has 2 aliphatic rings. The van der Waals surface area contributed by atoms with Crippen molar-refractivity contribution in [1.29, 1.82) is 0 Å². The van der Waals surface area contributed by atoms with Gasteiger partial charge in [-0.05, 0) is 49.8 Å². The van der Waals surface area contributed by atoms with Crippen molar-refractivity contribution in [2.45, 2.75) is 50.7 Å². The maximum atomic E-state index is 6.26. The Labute approximate surface area is 108 Å². The van der Waals surface area contributed by atoms with E-state index in [0.717, 1.165) is 22.7 Å². The number of hydrogen-bond acceptors (Lipinski definition) is 2. The summed E-state index contributed by atoms with van der Waals surface area (Å²) in [6.45, 7) is 0.520. The van der Waals surface area contributed by atoms with Crippen molar-refractivity contribution in [1.82, 2.24) is 0 Å². The predicted molar refractivity (Wildman–Crippen MR) is 72.5 cm³/mol. The number of rotatable bonds is 2. The van der Waals surface area contributed by atoms with E-state index in [1.165, 1.54) is 37.8 Å². The Kier molecular flexibility index (Phi) is 3.01. The van der Waals surface area contributed by atoms with Crippen LogP contribution >= 0.6 is 11.6 Å². The molecule has 17 heavy (non-hydrogen) atoms. The van der Waals surface area contributed by atoms with Crippen molar-refractivity contribution in [3.8, 4) is 0 Å². The van der Waals surface area contributed by atoms with Gasteiger partial charge in [-0.25, -0.2) is 0 Å². The van der Waals surface area contributed by atoms with Gasteiger partial charge in [-0.1, -0.05) is 17.7 Å². The van der Waals surface area contributed by atoms with Crippen LogP contribution in [0.2, 0.25) is 5.02 Å². The number of fused-ring (bicyclic) bond motifs is 2. The Hall–Kier alpha value is -0.730. The summed E-state index contributed by atoms with van der Waals surface area (Å²) in [4.78, 5) is 2.59. The maximum absolute atomic E-state index is 6.26. The van der Waals surface area contributed by atoms with Gasteiger partial charge in [0.15, 0.2) is 0 Å². The van der Waals surface area contributed by atoms with E-state index in [9.17, 15) is 0 Å². The maximum Gasteiger partial charge on any atom is 0.0471 e. The topological polar surface area (TPSA) is 29.3 Å². The second kappa shape index (κ2) is 4.51. The van der Waals surface area contributed by atoms with Gasteiger partial charge in [-0.2, -0.15) is 0 Å². The van der Waals surface area contributed by atoms with Crippen LogP contribution in [0.25, 0.3) is 0 Å². The van der Waals surface area contributed by atoms with E-state index in [-0.39, 0.29) is 0 Å². The van der Waals surface area contributed by atoms with Gasteiger partial charge in [0.1, 0.15) is 0 Å². The molecule has 2 heterocycles. The van der Waals surface area contributed by atoms with Gasteiger partial charge in [0, 0.05) is 29.3 Å². The highest BCUT2D eigenvalue weighted by atomic mass is 35.5. The molecule has 3 heteroatoms. The standard InChI is InChI=1S/C14H19ClN2/c15-14-8-13(5-4-10(14)9-16)17-11-2-1-3-12(17)7-6-11/h4-5,8,11-12H,1-3,6-7,9,16H2. The van der Waals surface area contributed by atoms with Crippen LogP contribution in [0.1, 0.15) is 37.7 Å². The van der Waals surface area contributed by atoms with Gasteiger partial charge < -0.3 is 10.6 Å². The first kappa shape index (κ1) is 11.4. The molecule has 2 bridgehead atoms. The summed E-state index contributed by atoms with van der Waals surface area (Å²) in [7, 11) is 0. The molecule has 1 aromatic carbocycles. The SMILES string of the molecule is NCc1ccc(N2C3CCCC2CC3)cc1Cl. The van der Waals surface area contributed by atoms with E-state index in [0.29, 0.717) is 6.54 Å². The lowest BCUT2D eigenvalue weighted by Gasteiger charge is -2.37. The summed E-state index contributed by atoms with van der Waals surface area (Å²) >= 11 is 6.26. The van der Waals surface area contributed by atoms with Crippen LogP contribution in [0.3, 0.4) is 0 Å². The van der Waals surface area contributed by atoms with Gasteiger partial charge in [-0.3, -0.25) is 0 Å². The smallest absolute Gasteiger partial charge is 0.0471 e. The molecule has 2 saturated heterocycles. The molecular weight excluding hydrogens is 232 g/mol. The molecule has 0 aliphatic carbocycles. The van der Waals surface area contributed by atoms with E-state index in [1.807, 2.05) is 0 Å². The highest BCUT2D eigenvalue weighted by Gasteiger charge is 2.36. The zero-order chi connectivity index (χ0) is 11.8. The number of hydrogen-bond donors (Lipinski definition) is 1. The van der Waals surface area contributed by atoms with Gasteiger partial charge in [-0.15, -0.1) is 0 Å². The van der Waals surface area contributed by atoms with E-state index in [4.69, 9.17) is 17.3 Å². The van der Waals surface area contributed by atoms with E-state index >= 15 is 0 Å². The lowest BCUT2D eigenvalue weighted by molar-refractivity contribution is 0.468. The minimum Gasteiger partial charge on any atom is -0.366 e. The van der Waals surface area contributed by atoms with Crippen LogP contribution < -0.4 is 10.6 Å². The van der Waals surface area contributed by atoms with Crippen molar-refractivity contribution in [3.05, 3.63) is 28.8 Å². The van der Waals surface area contributed by atoms with Crippen LogP contribution in [-0.4, -0.2) is 12.1 Å². The van der Waals surface area contributed by atoms with Crippen molar-refractivity contribution >= 4 is 17.3 Å². The molecule has 0 saturated carbocycles. The molecule has 1 aromatic rings. The lowest BCUT2D eigenvalue weighted by Crippen LogP contribution is -2.39. The first-order valence-electron chi connectivity index (χ1n) is 6.56. The monoisotopic (exact) mass is 250 g/mol. The summed E-state index contributed by atoms with van der Waals surface area (Å²) in [5.74, 6) is 0. The summed E-state index contributed by atoms with van der Waals surface area (Å²) in [6.07, 6.45) is 6.77. The molecule has 2 atom stereocenters. The second-order valence-electron chi connectivity index (χ2n) is 5.20. The zero-order valence-corrected chi connectivity index (χ0v) is 10.8. The Balaban J connectivity index is 1.91. The number of piperidine rings is 1. The van der Waals surface area contributed by atoms with Crippen molar-refractivity contribution < 1.29 is 0 Å². The molecule has 2 aliphatic heterocycles. The number of nitrogens with zero attached hydrogens (tertiary/aromatic N) is 1. The molecule has 3 rings (SSSR count). The first-order valence-corrected chi connectivity index (χ1v) is 6.94. The Morgan fingerprint density at radius 2 is 1.88 bits per heavy atom. The summed E-state index contributed by atoms with van der Waals surface area (Å²) in [5, 5.41) is 0.815. The fraction of sp³-hybridized carbons (Fsp3) is 0.571. The van der Waals surface area contributed by atoms with E-state index in [2.05, 4.69) is 23.1 Å². The number of nitrogens with two attached hydrogens (primary N) is 1. The Morgan fingerprint density at radius 1 is 1.18 bits per heavy atom. The summed E-state index contributed by atoms with van der Waals surface area (Å²) in [6, 6.07) is 7.85. The third-order valence-corrected chi connectivity index (χ3v) is 4.60. The highest BCUT2D eigenvalue weighted by molar-refractivity contribution is 6.31. The van der Waals surface area contributed by atoms with Gasteiger partial charge >= 0.3 is 0 Å². The molecule has 2 N–H and O–H groups in total. The van der Waals surface area contributed by atoms with Crippen LogP contribution in [0.5, 0.6) is 0 Å². The molecule has 0 aromatic heterocycles. The molecule has 2 unspecified atom stereocenters. The minimum atomic E-state index is 0.520. The first-order chi connectivity index (χ1) is 8.29. The van der Waals surface area contributed by atoms with E-state index < -0.39 is 0 Å². The van der Waals surface area contributed by atoms with Crippen LogP contribution in [0.15, 0.2) is 18.2 Å². The van der Waals surface area contributed by atoms with Gasteiger partial charge in [0.25, 0.3) is 0 Å². The normalized spacial score (nSPS) is 27.5. The number of halogens is 1. The average Bonchev–Trinajstić information content (AvgIpc) is 2.59. The zero-order valence-electron chi connectivity index (χ0n) is 10.0. The quantitative estimate of drug-likeness (QED) is 0.873. The summed E-state index contributed by atoms with van der Waals surface area (Å²) in [5.41, 5.74) is 7.98. The highest BCUT2D eigenvalue weighted by Crippen LogP contribution is 2.40. The average molecular weight is 251 g/mol.